The predicted molar refractivity (Wildman–Crippen MR) is 156 cm³/mol. The largest absolute Gasteiger partial charge is 3.00 e. The molecule has 3 unspecified atom stereocenters. The maximum atomic E-state index is 13.4. The van der Waals surface area contributed by atoms with E-state index < -0.39 is 23.8 Å². The number of nitrogens with two attached hydrogens (primary N) is 1. The molecule has 1 aliphatic rings. The van der Waals surface area contributed by atoms with Crippen LogP contribution >= 0.6 is 0 Å². The van der Waals surface area contributed by atoms with Crippen molar-refractivity contribution in [2.75, 3.05) is 6.54 Å². The monoisotopic (exact) mass is 622 g/mol. The third kappa shape index (κ3) is 13.5. The zero-order valence-electron chi connectivity index (χ0n) is 25.0. The number of nitrogens with one attached hydrogen (secondary N) is 1. The molecule has 40 heavy (non-hydrogen) atoms. The number of hydrogen-bond acceptors (Lipinski definition) is 3. The van der Waals surface area contributed by atoms with Crippen LogP contribution in [0.3, 0.4) is 0 Å². The topological polar surface area (TPSA) is 92.5 Å². The number of primary amides is 1. The Morgan fingerprint density at radius 1 is 1.05 bits per heavy atom. The van der Waals surface area contributed by atoms with Gasteiger partial charge in [-0.25, -0.2) is 0 Å². The van der Waals surface area contributed by atoms with Crippen molar-refractivity contribution in [1.82, 2.24) is 10.2 Å². The predicted octanol–water partition coefficient (Wildman–Crippen LogP) is 5.56. The summed E-state index contributed by atoms with van der Waals surface area (Å²) in [5, 5.41) is 3.02. The van der Waals surface area contributed by atoms with E-state index in [-0.39, 0.29) is 55.9 Å². The van der Waals surface area contributed by atoms with Crippen molar-refractivity contribution in [3.05, 3.63) is 72.3 Å². The number of hydrogen-bond donors (Lipinski definition) is 2. The molecule has 0 radical (unpaired) electrons. The van der Waals surface area contributed by atoms with Crippen molar-refractivity contribution in [1.29, 1.82) is 0 Å². The van der Waals surface area contributed by atoms with Crippen LogP contribution in [0.1, 0.15) is 78.7 Å². The Morgan fingerprint density at radius 2 is 1.73 bits per heavy atom. The molecule has 2 aromatic rings. The second kappa shape index (κ2) is 18.4. The third-order valence-electron chi connectivity index (χ3n) is 6.97. The minimum Gasteiger partial charge on any atom is -0.369 e. The maximum absolute atomic E-state index is 13.4. The standard InChI is InChI=1S/C27H42N3O3.C6H5.Y/c1-19(2)17-22(21(24(28)31)14-15-27(3,4)5)25(32)29-23-13-9-10-16-30(26(23)33)18-20-11-7-6-8-12-20;1-2-4-6-5-3-1;/h6-7,11-12,19,21-23H,9-10,13-18H2,1-5H3,(H2,28,31)(H,29,32);1-5H;/q2*-1;+3. The van der Waals surface area contributed by atoms with Crippen LogP contribution in [0.5, 0.6) is 0 Å². The summed E-state index contributed by atoms with van der Waals surface area (Å²) >= 11 is 0. The molecule has 7 heteroatoms. The van der Waals surface area contributed by atoms with Crippen LogP contribution in [0.2, 0.25) is 0 Å². The number of carbonyl (C=O) groups excluding carboxylic acids is 3. The molecule has 6 nitrogen and oxygen atoms in total. The van der Waals surface area contributed by atoms with E-state index in [9.17, 15) is 14.4 Å². The molecule has 1 heterocycles. The molecule has 1 saturated heterocycles. The fourth-order valence-corrected chi connectivity index (χ4v) is 4.86. The first kappa shape index (κ1) is 36.0. The molecular weight excluding hydrogens is 575 g/mol. The molecule has 1 aliphatic heterocycles. The zero-order chi connectivity index (χ0) is 28.8. The summed E-state index contributed by atoms with van der Waals surface area (Å²) in [6.07, 6.45) is 4.31. The molecule has 3 atom stereocenters. The molecule has 3 amide bonds. The van der Waals surface area contributed by atoms with Crippen LogP contribution in [0.4, 0.5) is 0 Å². The molecule has 3 N–H and O–H groups in total. The summed E-state index contributed by atoms with van der Waals surface area (Å²) in [4.78, 5) is 40.9. The Balaban J connectivity index is 0.00000101. The van der Waals surface area contributed by atoms with Gasteiger partial charge in [0.05, 0.1) is 0 Å². The third-order valence-corrected chi connectivity index (χ3v) is 6.97. The molecule has 2 aromatic carbocycles. The van der Waals surface area contributed by atoms with Gasteiger partial charge in [-0.2, -0.15) is 66.7 Å². The molecule has 0 aliphatic carbocycles. The Labute approximate surface area is 267 Å². The first-order valence-electron chi connectivity index (χ1n) is 14.2. The molecule has 0 saturated carbocycles. The number of likely N-dealkylation sites (tertiary alicyclic amines) is 1. The van der Waals surface area contributed by atoms with Gasteiger partial charge in [-0.3, -0.25) is 14.4 Å². The van der Waals surface area contributed by atoms with Gasteiger partial charge in [0.2, 0.25) is 17.7 Å². The molecule has 3 rings (SSSR count). The van der Waals surface area contributed by atoms with Crippen molar-refractivity contribution >= 4 is 17.7 Å². The summed E-state index contributed by atoms with van der Waals surface area (Å²) in [5.41, 5.74) is 6.84. The van der Waals surface area contributed by atoms with Crippen LogP contribution in [-0.2, 0) is 53.6 Å². The smallest absolute Gasteiger partial charge is 0.369 e. The quantitative estimate of drug-likeness (QED) is 0.340. The van der Waals surface area contributed by atoms with Crippen LogP contribution < -0.4 is 11.1 Å². The summed E-state index contributed by atoms with van der Waals surface area (Å²) < 4.78 is 0. The Morgan fingerprint density at radius 3 is 2.23 bits per heavy atom. The summed E-state index contributed by atoms with van der Waals surface area (Å²) in [6.45, 7) is 11.6. The van der Waals surface area contributed by atoms with Crippen molar-refractivity contribution in [2.45, 2.75) is 85.7 Å². The number of amides is 3. The van der Waals surface area contributed by atoms with Gasteiger partial charge in [-0.15, -0.1) is 5.56 Å². The first-order valence-corrected chi connectivity index (χ1v) is 14.2. The van der Waals surface area contributed by atoms with Crippen molar-refractivity contribution in [2.24, 2.45) is 28.9 Å². The Hall–Kier alpha value is -2.05. The van der Waals surface area contributed by atoms with Gasteiger partial charge in [0.15, 0.2) is 0 Å². The summed E-state index contributed by atoms with van der Waals surface area (Å²) in [7, 11) is 0. The molecular formula is C33H47N3O3Y+. The summed E-state index contributed by atoms with van der Waals surface area (Å²) in [6, 6.07) is 22.6. The SMILES string of the molecule is CC(C)CC(C(=O)NC1CCCCN(Cc2c[c-]ccc2)C1=O)C(CCC(C)(C)C)C(N)=O.[Y+3].[c-]1ccccc1. The Kier molecular flexibility index (Phi) is 16.6. The van der Waals surface area contributed by atoms with Gasteiger partial charge in [-0.1, -0.05) is 34.6 Å². The number of carbonyl (C=O) groups is 3. The fraction of sp³-hybridized carbons (Fsp3) is 0.545. The average molecular weight is 623 g/mol. The second-order valence-corrected chi connectivity index (χ2v) is 12.2. The second-order valence-electron chi connectivity index (χ2n) is 12.2. The van der Waals surface area contributed by atoms with Crippen LogP contribution in [-0.4, -0.2) is 35.2 Å². The van der Waals surface area contributed by atoms with Gasteiger partial charge in [0.25, 0.3) is 0 Å². The van der Waals surface area contributed by atoms with E-state index >= 15 is 0 Å². The van der Waals surface area contributed by atoms with E-state index in [0.29, 0.717) is 32.4 Å². The van der Waals surface area contributed by atoms with E-state index in [0.717, 1.165) is 24.8 Å². The van der Waals surface area contributed by atoms with Crippen LogP contribution in [0.25, 0.3) is 0 Å². The molecule has 0 aromatic heterocycles. The number of nitrogens with zero attached hydrogens (tertiary/aromatic N) is 1. The van der Waals surface area contributed by atoms with Gasteiger partial charge in [-0.05, 0) is 49.9 Å². The number of rotatable bonds is 10. The zero-order valence-corrected chi connectivity index (χ0v) is 27.8. The molecule has 0 spiro atoms. The number of benzene rings is 2. The van der Waals surface area contributed by atoms with Crippen LogP contribution in [0.15, 0.2) is 54.6 Å². The van der Waals surface area contributed by atoms with Crippen molar-refractivity contribution in [3.8, 4) is 0 Å². The van der Waals surface area contributed by atoms with Gasteiger partial charge >= 0.3 is 32.7 Å². The normalized spacial score (nSPS) is 17.0. The fourth-order valence-electron chi connectivity index (χ4n) is 4.86. The van der Waals surface area contributed by atoms with Crippen molar-refractivity contribution < 1.29 is 47.1 Å². The molecule has 0 bridgehead atoms. The Bertz CT molecular complexity index is 982. The average Bonchev–Trinajstić information content (AvgIpc) is 3.05. The summed E-state index contributed by atoms with van der Waals surface area (Å²) in [5.74, 6) is -1.56. The molecule has 1 fully saturated rings. The van der Waals surface area contributed by atoms with E-state index in [1.54, 1.807) is 0 Å². The van der Waals surface area contributed by atoms with E-state index in [1.807, 2.05) is 73.3 Å². The van der Waals surface area contributed by atoms with Gasteiger partial charge in [0, 0.05) is 24.9 Å². The minimum absolute atomic E-state index is 0. The maximum Gasteiger partial charge on any atom is 3.00 e. The molecule has 214 valence electrons. The van der Waals surface area contributed by atoms with E-state index in [2.05, 4.69) is 38.2 Å². The van der Waals surface area contributed by atoms with E-state index in [1.165, 1.54) is 0 Å². The van der Waals surface area contributed by atoms with Crippen LogP contribution in [0, 0.1) is 35.3 Å². The van der Waals surface area contributed by atoms with Gasteiger partial charge < -0.3 is 16.0 Å². The minimum atomic E-state index is -0.571. The van der Waals surface area contributed by atoms with Crippen molar-refractivity contribution in [3.63, 3.8) is 0 Å². The van der Waals surface area contributed by atoms with E-state index in [4.69, 9.17) is 5.73 Å². The van der Waals surface area contributed by atoms with Gasteiger partial charge in [0.1, 0.15) is 6.04 Å². The first-order chi connectivity index (χ1) is 18.5.